The zero-order chi connectivity index (χ0) is 30.1. The summed E-state index contributed by atoms with van der Waals surface area (Å²) in [5.74, 6) is 1.82. The molecular formula is C31H51NO7S2. The van der Waals surface area contributed by atoms with Crippen LogP contribution in [0, 0.1) is 11.8 Å². The van der Waals surface area contributed by atoms with Gasteiger partial charge in [-0.15, -0.1) is 0 Å². The smallest absolute Gasteiger partial charge is 0.246 e. The molecule has 0 fully saturated rings. The van der Waals surface area contributed by atoms with Gasteiger partial charge in [0, 0.05) is 26.0 Å². The first-order valence-electron chi connectivity index (χ1n) is 14.5. The lowest BCUT2D eigenvalue weighted by molar-refractivity contribution is -0.126. The highest BCUT2D eigenvalue weighted by Crippen LogP contribution is 2.26. The van der Waals surface area contributed by atoms with Gasteiger partial charge in [0.05, 0.1) is 33.0 Å². The molecule has 0 aliphatic rings. The summed E-state index contributed by atoms with van der Waals surface area (Å²) in [7, 11) is 3.15. The van der Waals surface area contributed by atoms with Crippen LogP contribution in [0.15, 0.2) is 36.4 Å². The Morgan fingerprint density at radius 2 is 1.73 bits per heavy atom. The molecule has 1 atom stereocenters. The Balaban J connectivity index is 2.24. The van der Waals surface area contributed by atoms with Crippen LogP contribution < -0.4 is 10.1 Å². The minimum Gasteiger partial charge on any atom is -0.490 e. The van der Waals surface area contributed by atoms with Crippen LogP contribution in [0.2, 0.25) is 0 Å². The monoisotopic (exact) mass is 613 g/mol. The van der Waals surface area contributed by atoms with Gasteiger partial charge in [-0.2, -0.15) is 0 Å². The average molecular weight is 614 g/mol. The molecule has 0 aliphatic carbocycles. The molecule has 1 aromatic rings. The lowest BCUT2D eigenvalue weighted by Crippen LogP contribution is -2.28. The molecule has 0 saturated heterocycles. The van der Waals surface area contributed by atoms with Gasteiger partial charge in [-0.3, -0.25) is 9.59 Å². The standard InChI is InChI=1S/C31H51NO7S2/c1-25(2)9-7-14-32-30(34)23-37-19-20-38-31(41-40-5)24-39-29-12-6-11-27(22-29)21-28(33)13-16-36-18-17-35-15-8-10-26(3)4/h6-7,9,11-12,22,25-26,31H,8,10,13-21,23-24H2,1-5H3,(H,32,34)/b9-7+/t31-/m1/s1. The van der Waals surface area contributed by atoms with Gasteiger partial charge < -0.3 is 29.0 Å². The van der Waals surface area contributed by atoms with E-state index in [0.29, 0.717) is 76.6 Å². The average Bonchev–Trinajstić information content (AvgIpc) is 2.92. The molecule has 1 rings (SSSR count). The van der Waals surface area contributed by atoms with Crippen molar-refractivity contribution in [3.8, 4) is 5.75 Å². The molecule has 0 aliphatic heterocycles. The number of carbonyl (C=O) groups is 2. The van der Waals surface area contributed by atoms with Gasteiger partial charge in [-0.1, -0.05) is 73.6 Å². The zero-order valence-corrected chi connectivity index (χ0v) is 27.2. The molecule has 0 heterocycles. The number of nitrogens with one attached hydrogen (secondary N) is 1. The minimum atomic E-state index is -0.204. The van der Waals surface area contributed by atoms with Crippen LogP contribution in [0.25, 0.3) is 0 Å². The van der Waals surface area contributed by atoms with E-state index < -0.39 is 0 Å². The fraction of sp³-hybridized carbons (Fsp3) is 0.677. The summed E-state index contributed by atoms with van der Waals surface area (Å²) in [6.07, 6.45) is 8.91. The van der Waals surface area contributed by atoms with Gasteiger partial charge in [0.25, 0.3) is 0 Å². The Morgan fingerprint density at radius 3 is 2.46 bits per heavy atom. The van der Waals surface area contributed by atoms with Gasteiger partial charge >= 0.3 is 0 Å². The summed E-state index contributed by atoms with van der Waals surface area (Å²) < 4.78 is 28.4. The van der Waals surface area contributed by atoms with Crippen LogP contribution in [0.1, 0.15) is 52.5 Å². The molecule has 234 valence electrons. The van der Waals surface area contributed by atoms with Gasteiger partial charge in [-0.25, -0.2) is 0 Å². The Labute approximate surface area is 255 Å². The number of carbonyl (C=O) groups excluding carboxylic acids is 2. The summed E-state index contributed by atoms with van der Waals surface area (Å²) in [6.45, 7) is 12.3. The number of ketones is 1. The molecular weight excluding hydrogens is 562 g/mol. The van der Waals surface area contributed by atoms with Crippen LogP contribution in [-0.2, 0) is 35.0 Å². The number of rotatable bonds is 26. The first-order valence-corrected chi connectivity index (χ1v) is 17.1. The molecule has 0 radical (unpaired) electrons. The fourth-order valence-electron chi connectivity index (χ4n) is 3.51. The molecule has 0 saturated carbocycles. The van der Waals surface area contributed by atoms with E-state index in [9.17, 15) is 9.59 Å². The molecule has 1 amide bonds. The van der Waals surface area contributed by atoms with Gasteiger partial charge in [0.15, 0.2) is 0 Å². The zero-order valence-electron chi connectivity index (χ0n) is 25.6. The maximum Gasteiger partial charge on any atom is 0.246 e. The largest absolute Gasteiger partial charge is 0.490 e. The predicted molar refractivity (Wildman–Crippen MR) is 170 cm³/mol. The summed E-state index contributed by atoms with van der Waals surface area (Å²) in [6, 6.07) is 7.58. The van der Waals surface area contributed by atoms with Crippen LogP contribution in [-0.4, -0.2) is 82.8 Å². The highest BCUT2D eigenvalue weighted by molar-refractivity contribution is 8.76. The number of benzene rings is 1. The Morgan fingerprint density at radius 1 is 0.976 bits per heavy atom. The SMILES string of the molecule is CSS[C@H](COc1cccc(CC(=O)CCOCCOCCCC(C)C)c1)OCCOCC(=O)NC/C=C/C(C)C. The lowest BCUT2D eigenvalue weighted by Gasteiger charge is -2.17. The quantitative estimate of drug-likeness (QED) is 0.0608. The fourth-order valence-corrected chi connectivity index (χ4v) is 4.97. The van der Waals surface area contributed by atoms with Crippen molar-refractivity contribution in [3.63, 3.8) is 0 Å². The third-order valence-corrected chi connectivity index (χ3v) is 7.46. The van der Waals surface area contributed by atoms with Crippen molar-refractivity contribution in [2.24, 2.45) is 11.8 Å². The topological polar surface area (TPSA) is 92.3 Å². The molecule has 0 spiro atoms. The molecule has 0 unspecified atom stereocenters. The minimum absolute atomic E-state index is 0.000334. The third kappa shape index (κ3) is 22.7. The maximum atomic E-state index is 12.4. The first kappa shape index (κ1) is 37.5. The molecule has 0 aromatic heterocycles. The van der Waals surface area contributed by atoms with Crippen molar-refractivity contribution in [3.05, 3.63) is 42.0 Å². The second-order valence-electron chi connectivity index (χ2n) is 10.3. The number of amides is 1. The molecule has 8 nitrogen and oxygen atoms in total. The van der Waals surface area contributed by atoms with Crippen molar-refractivity contribution < 1.29 is 33.3 Å². The van der Waals surface area contributed by atoms with Crippen molar-refractivity contribution in [1.82, 2.24) is 5.32 Å². The molecule has 1 N–H and O–H groups in total. The van der Waals surface area contributed by atoms with Crippen LogP contribution in [0.3, 0.4) is 0 Å². The number of Topliss-reactive ketones (excluding diaryl/α,β-unsaturated/α-hetero) is 1. The van der Waals surface area contributed by atoms with Crippen molar-refractivity contribution in [1.29, 1.82) is 0 Å². The van der Waals surface area contributed by atoms with Crippen molar-refractivity contribution in [2.45, 2.75) is 58.8 Å². The number of ether oxygens (including phenoxy) is 5. The van der Waals surface area contributed by atoms with E-state index in [-0.39, 0.29) is 23.7 Å². The molecule has 41 heavy (non-hydrogen) atoms. The Kier molecular flexibility index (Phi) is 22.8. The highest BCUT2D eigenvalue weighted by atomic mass is 33.1. The van der Waals surface area contributed by atoms with E-state index in [1.165, 1.54) is 6.42 Å². The second-order valence-corrected chi connectivity index (χ2v) is 12.9. The van der Waals surface area contributed by atoms with Gasteiger partial charge in [-0.05, 0) is 48.6 Å². The Hall–Kier alpha value is -1.56. The summed E-state index contributed by atoms with van der Waals surface area (Å²) in [5.41, 5.74) is 0.701. The summed E-state index contributed by atoms with van der Waals surface area (Å²) in [5, 5.41) is 2.79. The molecule has 10 heteroatoms. The van der Waals surface area contributed by atoms with Crippen LogP contribution >= 0.6 is 21.6 Å². The third-order valence-electron chi connectivity index (χ3n) is 5.56. The van der Waals surface area contributed by atoms with E-state index in [1.807, 2.05) is 42.7 Å². The van der Waals surface area contributed by atoms with Crippen LogP contribution in [0.5, 0.6) is 5.75 Å². The number of allylic oxidation sites excluding steroid dienone is 1. The number of hydrogen-bond acceptors (Lipinski definition) is 9. The molecule has 1 aromatic carbocycles. The second kappa shape index (κ2) is 25.0. The van der Waals surface area contributed by atoms with E-state index in [4.69, 9.17) is 23.7 Å². The predicted octanol–water partition coefficient (Wildman–Crippen LogP) is 5.74. The summed E-state index contributed by atoms with van der Waals surface area (Å²) in [4.78, 5) is 24.2. The normalized spacial score (nSPS) is 12.4. The summed E-state index contributed by atoms with van der Waals surface area (Å²) >= 11 is 0. The van der Waals surface area contributed by atoms with E-state index >= 15 is 0 Å². The van der Waals surface area contributed by atoms with Crippen molar-refractivity contribution >= 4 is 33.3 Å². The first-order chi connectivity index (χ1) is 19.8. The van der Waals surface area contributed by atoms with Crippen molar-refractivity contribution in [2.75, 3.05) is 65.7 Å². The van der Waals surface area contributed by atoms with E-state index in [1.54, 1.807) is 21.6 Å². The number of hydrogen-bond donors (Lipinski definition) is 1. The maximum absolute atomic E-state index is 12.4. The highest BCUT2D eigenvalue weighted by Gasteiger charge is 2.12. The Bertz CT molecular complexity index is 852. The van der Waals surface area contributed by atoms with Gasteiger partial charge in [0.2, 0.25) is 5.91 Å². The van der Waals surface area contributed by atoms with E-state index in [2.05, 4.69) is 33.0 Å². The van der Waals surface area contributed by atoms with Crippen LogP contribution in [0.4, 0.5) is 0 Å². The van der Waals surface area contributed by atoms with Gasteiger partial charge in [0.1, 0.15) is 30.2 Å². The lowest BCUT2D eigenvalue weighted by atomic mass is 10.1. The van der Waals surface area contributed by atoms with E-state index in [0.717, 1.165) is 18.6 Å². The molecule has 0 bridgehead atoms.